The van der Waals surface area contributed by atoms with Crippen LogP contribution in [0.1, 0.15) is 22.9 Å². The van der Waals surface area contributed by atoms with E-state index in [2.05, 4.69) is 15.3 Å². The highest BCUT2D eigenvalue weighted by atomic mass is 19.1. The average Bonchev–Trinajstić information content (AvgIpc) is 2.78. The highest BCUT2D eigenvalue weighted by Crippen LogP contribution is 2.22. The molecule has 0 aliphatic rings. The maximum absolute atomic E-state index is 13.1. The molecule has 1 N–H and O–H groups in total. The zero-order valence-corrected chi connectivity index (χ0v) is 14.4. The fraction of sp³-hybridized carbons (Fsp3) is 0.471. The Morgan fingerprint density at radius 3 is 2.52 bits per heavy atom. The minimum absolute atomic E-state index is 0.165. The average molecular weight is 320 g/mol. The second-order valence-corrected chi connectivity index (χ2v) is 5.86. The topological polar surface area (TPSA) is 42.3 Å². The first kappa shape index (κ1) is 17.4. The molecule has 0 aliphatic carbocycles. The van der Waals surface area contributed by atoms with Gasteiger partial charge in [-0.3, -0.25) is 0 Å². The zero-order valence-electron chi connectivity index (χ0n) is 14.4. The van der Waals surface area contributed by atoms with Crippen molar-refractivity contribution >= 4 is 0 Å². The molecular formula is C17H25FN4O. The number of hydrogen-bond donors (Lipinski definition) is 1. The summed E-state index contributed by atoms with van der Waals surface area (Å²) in [6.07, 6.45) is 0. The Balaban J connectivity index is 2.04. The number of aryl methyl sites for hydroxylation is 2. The van der Waals surface area contributed by atoms with Gasteiger partial charge < -0.3 is 15.0 Å². The molecule has 0 unspecified atom stereocenters. The molecule has 6 heteroatoms. The molecule has 0 fully saturated rings. The number of ether oxygens (including phenoxy) is 1. The van der Waals surface area contributed by atoms with E-state index >= 15 is 0 Å². The Bertz CT molecular complexity index is 637. The predicted molar refractivity (Wildman–Crippen MR) is 89.0 cm³/mol. The monoisotopic (exact) mass is 320 g/mol. The summed E-state index contributed by atoms with van der Waals surface area (Å²) in [5.41, 5.74) is 3.10. The van der Waals surface area contributed by atoms with Crippen LogP contribution in [0.2, 0.25) is 0 Å². The molecule has 1 aromatic carbocycles. The minimum atomic E-state index is -0.213. The fourth-order valence-electron chi connectivity index (χ4n) is 2.76. The second-order valence-electron chi connectivity index (χ2n) is 5.86. The molecule has 1 aromatic heterocycles. The molecule has 0 saturated heterocycles. The zero-order chi connectivity index (χ0) is 17.0. The molecule has 0 bridgehead atoms. The van der Waals surface area contributed by atoms with E-state index in [0.29, 0.717) is 6.54 Å². The molecule has 5 nitrogen and oxygen atoms in total. The van der Waals surface area contributed by atoms with Gasteiger partial charge in [-0.25, -0.2) is 9.07 Å². The standard InChI is InChI=1S/C17H25FN4O/c1-12-15(17(23-5)22(4)20-12)10-19-11-16(21(2)3)13-6-8-14(18)9-7-13/h6-9,16,19H,10-11H2,1-5H3/t16-/m0/s1. The predicted octanol–water partition coefficient (Wildman–Crippen LogP) is 2.27. The highest BCUT2D eigenvalue weighted by molar-refractivity contribution is 5.30. The number of halogens is 1. The van der Waals surface area contributed by atoms with Crippen molar-refractivity contribution in [2.24, 2.45) is 7.05 Å². The lowest BCUT2D eigenvalue weighted by atomic mass is 10.1. The lowest BCUT2D eigenvalue weighted by Gasteiger charge is -2.25. The molecule has 0 amide bonds. The summed E-state index contributed by atoms with van der Waals surface area (Å²) in [5, 5.41) is 7.84. The van der Waals surface area contributed by atoms with Crippen molar-refractivity contribution in [1.29, 1.82) is 0 Å². The first-order chi connectivity index (χ1) is 10.9. The Kier molecular flexibility index (Phi) is 5.74. The number of benzene rings is 1. The maximum Gasteiger partial charge on any atom is 0.216 e. The maximum atomic E-state index is 13.1. The third kappa shape index (κ3) is 4.09. The van der Waals surface area contributed by atoms with Crippen molar-refractivity contribution in [3.8, 4) is 5.88 Å². The molecule has 1 heterocycles. The van der Waals surface area contributed by atoms with Crippen LogP contribution in [0.3, 0.4) is 0 Å². The summed E-state index contributed by atoms with van der Waals surface area (Å²) in [5.74, 6) is 0.563. The van der Waals surface area contributed by atoms with Gasteiger partial charge in [0.1, 0.15) is 5.82 Å². The van der Waals surface area contributed by atoms with Gasteiger partial charge in [0.25, 0.3) is 0 Å². The summed E-state index contributed by atoms with van der Waals surface area (Å²) < 4.78 is 20.3. The van der Waals surface area contributed by atoms with Crippen molar-refractivity contribution < 1.29 is 9.13 Å². The second kappa shape index (κ2) is 7.57. The van der Waals surface area contributed by atoms with E-state index in [1.807, 2.05) is 40.2 Å². The smallest absolute Gasteiger partial charge is 0.216 e. The molecule has 126 valence electrons. The van der Waals surface area contributed by atoms with Crippen LogP contribution in [0, 0.1) is 12.7 Å². The molecular weight excluding hydrogens is 295 g/mol. The van der Waals surface area contributed by atoms with Crippen molar-refractivity contribution in [3.05, 3.63) is 46.9 Å². The highest BCUT2D eigenvalue weighted by Gasteiger charge is 2.16. The van der Waals surface area contributed by atoms with E-state index in [1.165, 1.54) is 12.1 Å². The van der Waals surface area contributed by atoms with Crippen LogP contribution in [-0.4, -0.2) is 42.4 Å². The van der Waals surface area contributed by atoms with E-state index in [1.54, 1.807) is 11.8 Å². The van der Waals surface area contributed by atoms with Crippen LogP contribution < -0.4 is 10.1 Å². The molecule has 0 saturated carbocycles. The number of methoxy groups -OCH3 is 1. The number of hydrogen-bond acceptors (Lipinski definition) is 4. The van der Waals surface area contributed by atoms with Crippen LogP contribution >= 0.6 is 0 Å². The third-order valence-electron chi connectivity index (χ3n) is 4.00. The summed E-state index contributed by atoms with van der Waals surface area (Å²) in [4.78, 5) is 2.12. The SMILES string of the molecule is COc1c(CNC[C@@H](c2ccc(F)cc2)N(C)C)c(C)nn1C. The largest absolute Gasteiger partial charge is 0.481 e. The Labute approximate surface area is 137 Å². The van der Waals surface area contributed by atoms with Crippen molar-refractivity contribution in [3.63, 3.8) is 0 Å². The molecule has 0 aliphatic heterocycles. The van der Waals surface area contributed by atoms with Gasteiger partial charge in [-0.1, -0.05) is 12.1 Å². The molecule has 23 heavy (non-hydrogen) atoms. The molecule has 0 radical (unpaired) electrons. The summed E-state index contributed by atoms with van der Waals surface area (Å²) in [6.45, 7) is 3.40. The summed E-state index contributed by atoms with van der Waals surface area (Å²) in [7, 11) is 7.56. The summed E-state index contributed by atoms with van der Waals surface area (Å²) >= 11 is 0. The van der Waals surface area contributed by atoms with E-state index < -0.39 is 0 Å². The van der Waals surface area contributed by atoms with Gasteiger partial charge in [0.2, 0.25) is 5.88 Å². The van der Waals surface area contributed by atoms with Crippen LogP contribution in [0.25, 0.3) is 0 Å². The minimum Gasteiger partial charge on any atom is -0.481 e. The summed E-state index contributed by atoms with van der Waals surface area (Å²) in [6, 6.07) is 6.83. The Hall–Kier alpha value is -1.92. The van der Waals surface area contributed by atoms with Gasteiger partial charge in [0.15, 0.2) is 0 Å². The fourth-order valence-corrected chi connectivity index (χ4v) is 2.76. The first-order valence-corrected chi connectivity index (χ1v) is 7.63. The van der Waals surface area contributed by atoms with Gasteiger partial charge in [-0.15, -0.1) is 0 Å². The lowest BCUT2D eigenvalue weighted by Crippen LogP contribution is -2.31. The number of nitrogens with zero attached hydrogens (tertiary/aromatic N) is 3. The van der Waals surface area contributed by atoms with Crippen molar-refractivity contribution in [2.45, 2.75) is 19.5 Å². The quantitative estimate of drug-likeness (QED) is 0.850. The number of aromatic nitrogens is 2. The van der Waals surface area contributed by atoms with Crippen LogP contribution in [0.4, 0.5) is 4.39 Å². The van der Waals surface area contributed by atoms with Crippen LogP contribution in [0.15, 0.2) is 24.3 Å². The van der Waals surface area contributed by atoms with Crippen molar-refractivity contribution in [1.82, 2.24) is 20.0 Å². The van der Waals surface area contributed by atoms with Crippen LogP contribution in [0.5, 0.6) is 5.88 Å². The van der Waals surface area contributed by atoms with Gasteiger partial charge in [-0.2, -0.15) is 5.10 Å². The van der Waals surface area contributed by atoms with Gasteiger partial charge in [-0.05, 0) is 38.7 Å². The van der Waals surface area contributed by atoms with E-state index in [0.717, 1.165) is 29.2 Å². The molecule has 0 spiro atoms. The molecule has 1 atom stereocenters. The number of likely N-dealkylation sites (N-methyl/N-ethyl adjacent to an activating group) is 1. The van der Waals surface area contributed by atoms with E-state index in [4.69, 9.17) is 4.74 Å². The first-order valence-electron chi connectivity index (χ1n) is 7.63. The number of nitrogens with one attached hydrogen (secondary N) is 1. The van der Waals surface area contributed by atoms with E-state index in [9.17, 15) is 4.39 Å². The van der Waals surface area contributed by atoms with Gasteiger partial charge in [0, 0.05) is 26.2 Å². The van der Waals surface area contributed by atoms with Gasteiger partial charge >= 0.3 is 0 Å². The Morgan fingerprint density at radius 1 is 1.30 bits per heavy atom. The van der Waals surface area contributed by atoms with Crippen molar-refractivity contribution in [2.75, 3.05) is 27.7 Å². The third-order valence-corrected chi connectivity index (χ3v) is 4.00. The van der Waals surface area contributed by atoms with E-state index in [-0.39, 0.29) is 11.9 Å². The normalized spacial score (nSPS) is 12.7. The lowest BCUT2D eigenvalue weighted by molar-refractivity contribution is 0.287. The molecule has 2 rings (SSSR count). The Morgan fingerprint density at radius 2 is 1.96 bits per heavy atom. The molecule has 2 aromatic rings. The van der Waals surface area contributed by atoms with Gasteiger partial charge in [0.05, 0.1) is 18.4 Å². The number of rotatable bonds is 7. The van der Waals surface area contributed by atoms with Crippen LogP contribution in [-0.2, 0) is 13.6 Å².